The highest BCUT2D eigenvalue weighted by Gasteiger charge is 2.09. The van der Waals surface area contributed by atoms with Crippen LogP contribution in [0.5, 0.6) is 0 Å². The second-order valence-electron chi connectivity index (χ2n) is 5.65. The van der Waals surface area contributed by atoms with Crippen LogP contribution in [0.4, 0.5) is 17.2 Å². The van der Waals surface area contributed by atoms with Gasteiger partial charge in [0.2, 0.25) is 0 Å². The van der Waals surface area contributed by atoms with Gasteiger partial charge in [-0.3, -0.25) is 9.59 Å². The Balaban J connectivity index is 1.74. The minimum absolute atomic E-state index is 0.0561. The quantitative estimate of drug-likeness (QED) is 0.628. The van der Waals surface area contributed by atoms with Crippen LogP contribution in [0.3, 0.4) is 0 Å². The Morgan fingerprint density at radius 3 is 2.42 bits per heavy atom. The van der Waals surface area contributed by atoms with Gasteiger partial charge in [-0.15, -0.1) is 0 Å². The lowest BCUT2D eigenvalue weighted by atomic mass is 10.1. The molecule has 0 spiro atoms. The number of nitrogens with one attached hydrogen (secondary N) is 2. The van der Waals surface area contributed by atoms with Gasteiger partial charge in [0, 0.05) is 33.7 Å². The molecule has 0 saturated heterocycles. The second kappa shape index (κ2) is 7.80. The standard InChI is InChI=1S/C20H16ClN3O2/c1-13(25)14-3-2-4-18(11-14)24-20(26)15-9-10-22-19(12-15)23-17-7-5-16(21)6-8-17/h2-12H,1H3,(H,22,23)(H,24,26). The zero-order valence-electron chi connectivity index (χ0n) is 14.0. The van der Waals surface area contributed by atoms with Crippen molar-refractivity contribution in [2.45, 2.75) is 6.92 Å². The number of halogens is 1. The van der Waals surface area contributed by atoms with Crippen LogP contribution in [-0.2, 0) is 0 Å². The fourth-order valence-corrected chi connectivity index (χ4v) is 2.47. The van der Waals surface area contributed by atoms with E-state index in [1.54, 1.807) is 54.7 Å². The van der Waals surface area contributed by atoms with Crippen molar-refractivity contribution in [1.82, 2.24) is 4.98 Å². The number of nitrogens with zero attached hydrogens (tertiary/aromatic N) is 1. The molecule has 0 aliphatic rings. The molecule has 26 heavy (non-hydrogen) atoms. The lowest BCUT2D eigenvalue weighted by molar-refractivity contribution is 0.101. The normalized spacial score (nSPS) is 10.2. The topological polar surface area (TPSA) is 71.1 Å². The van der Waals surface area contributed by atoms with Crippen molar-refractivity contribution in [3.63, 3.8) is 0 Å². The molecule has 0 radical (unpaired) electrons. The fourth-order valence-electron chi connectivity index (χ4n) is 2.34. The summed E-state index contributed by atoms with van der Waals surface area (Å²) >= 11 is 5.87. The van der Waals surface area contributed by atoms with Crippen molar-refractivity contribution in [3.8, 4) is 0 Å². The number of rotatable bonds is 5. The molecule has 0 saturated carbocycles. The highest BCUT2D eigenvalue weighted by Crippen LogP contribution is 2.19. The molecule has 6 heteroatoms. The van der Waals surface area contributed by atoms with Gasteiger partial charge in [-0.05, 0) is 55.5 Å². The van der Waals surface area contributed by atoms with Crippen molar-refractivity contribution >= 4 is 40.5 Å². The predicted molar refractivity (Wildman–Crippen MR) is 103 cm³/mol. The van der Waals surface area contributed by atoms with Crippen LogP contribution in [0, 0.1) is 0 Å². The van der Waals surface area contributed by atoms with E-state index in [0.717, 1.165) is 5.69 Å². The Bertz CT molecular complexity index is 955. The maximum absolute atomic E-state index is 12.5. The summed E-state index contributed by atoms with van der Waals surface area (Å²) in [4.78, 5) is 28.1. The number of Topliss-reactive ketones (excluding diaryl/α,β-unsaturated/α-hetero) is 1. The van der Waals surface area contributed by atoms with Crippen LogP contribution >= 0.6 is 11.6 Å². The van der Waals surface area contributed by atoms with E-state index in [2.05, 4.69) is 15.6 Å². The van der Waals surface area contributed by atoms with E-state index in [1.165, 1.54) is 6.92 Å². The van der Waals surface area contributed by atoms with Crippen LogP contribution in [0.1, 0.15) is 27.6 Å². The van der Waals surface area contributed by atoms with Crippen LogP contribution in [-0.4, -0.2) is 16.7 Å². The third-order valence-corrected chi connectivity index (χ3v) is 3.92. The van der Waals surface area contributed by atoms with Gasteiger partial charge in [-0.25, -0.2) is 4.98 Å². The number of ketones is 1. The van der Waals surface area contributed by atoms with Crippen LogP contribution < -0.4 is 10.6 Å². The Morgan fingerprint density at radius 1 is 0.923 bits per heavy atom. The van der Waals surface area contributed by atoms with E-state index < -0.39 is 0 Å². The molecule has 0 bridgehead atoms. The number of anilines is 3. The van der Waals surface area contributed by atoms with Crippen molar-refractivity contribution in [1.29, 1.82) is 0 Å². The van der Waals surface area contributed by atoms with Gasteiger partial charge in [0.25, 0.3) is 5.91 Å². The van der Waals surface area contributed by atoms with Gasteiger partial charge in [0.1, 0.15) is 5.82 Å². The minimum Gasteiger partial charge on any atom is -0.340 e. The first kappa shape index (κ1) is 17.6. The maximum atomic E-state index is 12.5. The largest absolute Gasteiger partial charge is 0.340 e. The van der Waals surface area contributed by atoms with Gasteiger partial charge >= 0.3 is 0 Å². The fraction of sp³-hybridized carbons (Fsp3) is 0.0500. The SMILES string of the molecule is CC(=O)c1cccc(NC(=O)c2ccnc(Nc3ccc(Cl)cc3)c2)c1. The van der Waals surface area contributed by atoms with Crippen LogP contribution in [0.15, 0.2) is 66.9 Å². The second-order valence-corrected chi connectivity index (χ2v) is 6.09. The summed E-state index contributed by atoms with van der Waals surface area (Å²) in [6.07, 6.45) is 1.55. The van der Waals surface area contributed by atoms with Crippen molar-refractivity contribution in [2.24, 2.45) is 0 Å². The first-order valence-electron chi connectivity index (χ1n) is 7.92. The summed E-state index contributed by atoms with van der Waals surface area (Å²) < 4.78 is 0. The van der Waals surface area contributed by atoms with Gasteiger partial charge in [-0.2, -0.15) is 0 Å². The van der Waals surface area contributed by atoms with Gasteiger partial charge in [0.05, 0.1) is 0 Å². The van der Waals surface area contributed by atoms with Crippen molar-refractivity contribution < 1.29 is 9.59 Å². The Morgan fingerprint density at radius 2 is 1.69 bits per heavy atom. The van der Waals surface area contributed by atoms with Crippen LogP contribution in [0.25, 0.3) is 0 Å². The van der Waals surface area contributed by atoms with E-state index in [4.69, 9.17) is 11.6 Å². The zero-order chi connectivity index (χ0) is 18.5. The third-order valence-electron chi connectivity index (χ3n) is 3.67. The molecular formula is C20H16ClN3O2. The molecule has 0 unspecified atom stereocenters. The summed E-state index contributed by atoms with van der Waals surface area (Å²) in [6, 6.07) is 17.3. The molecule has 1 heterocycles. The first-order chi connectivity index (χ1) is 12.5. The highest BCUT2D eigenvalue weighted by molar-refractivity contribution is 6.30. The van der Waals surface area contributed by atoms with Crippen molar-refractivity contribution in [3.05, 3.63) is 83.0 Å². The highest BCUT2D eigenvalue weighted by atomic mass is 35.5. The summed E-state index contributed by atoms with van der Waals surface area (Å²) in [5, 5.41) is 6.55. The van der Waals surface area contributed by atoms with E-state index in [0.29, 0.717) is 27.7 Å². The number of hydrogen-bond acceptors (Lipinski definition) is 4. The first-order valence-corrected chi connectivity index (χ1v) is 8.30. The predicted octanol–water partition coefficient (Wildman–Crippen LogP) is 4.93. The number of amides is 1. The lowest BCUT2D eigenvalue weighted by Crippen LogP contribution is -2.12. The summed E-state index contributed by atoms with van der Waals surface area (Å²) in [5.41, 5.74) is 2.37. The number of aromatic nitrogens is 1. The molecule has 5 nitrogen and oxygen atoms in total. The van der Waals surface area contributed by atoms with Gasteiger partial charge < -0.3 is 10.6 Å². The number of benzene rings is 2. The molecule has 3 aromatic rings. The smallest absolute Gasteiger partial charge is 0.255 e. The third kappa shape index (κ3) is 4.46. The number of hydrogen-bond donors (Lipinski definition) is 2. The molecule has 130 valence electrons. The molecular weight excluding hydrogens is 350 g/mol. The molecule has 1 aromatic heterocycles. The number of carbonyl (C=O) groups excluding carboxylic acids is 2. The molecule has 1 amide bonds. The van der Waals surface area contributed by atoms with Crippen molar-refractivity contribution in [2.75, 3.05) is 10.6 Å². The molecule has 3 rings (SSSR count). The summed E-state index contributed by atoms with van der Waals surface area (Å²) in [7, 11) is 0. The minimum atomic E-state index is -0.285. The lowest BCUT2D eigenvalue weighted by Gasteiger charge is -2.09. The maximum Gasteiger partial charge on any atom is 0.255 e. The summed E-state index contributed by atoms with van der Waals surface area (Å²) in [5.74, 6) is 0.198. The molecule has 0 fully saturated rings. The number of pyridine rings is 1. The number of carbonyl (C=O) groups is 2. The van der Waals surface area contributed by atoms with E-state index in [-0.39, 0.29) is 11.7 Å². The monoisotopic (exact) mass is 365 g/mol. The molecule has 0 aliphatic carbocycles. The average Bonchev–Trinajstić information content (AvgIpc) is 2.64. The molecule has 2 aromatic carbocycles. The Kier molecular flexibility index (Phi) is 5.29. The van der Waals surface area contributed by atoms with Gasteiger partial charge in [0.15, 0.2) is 5.78 Å². The zero-order valence-corrected chi connectivity index (χ0v) is 14.7. The average molecular weight is 366 g/mol. The molecule has 2 N–H and O–H groups in total. The molecule has 0 atom stereocenters. The summed E-state index contributed by atoms with van der Waals surface area (Å²) in [6.45, 7) is 1.48. The van der Waals surface area contributed by atoms with E-state index in [1.807, 2.05) is 12.1 Å². The Labute approximate surface area is 156 Å². The van der Waals surface area contributed by atoms with Crippen LogP contribution in [0.2, 0.25) is 5.02 Å². The van der Waals surface area contributed by atoms with E-state index >= 15 is 0 Å². The van der Waals surface area contributed by atoms with Gasteiger partial charge in [-0.1, -0.05) is 23.7 Å². The van der Waals surface area contributed by atoms with E-state index in [9.17, 15) is 9.59 Å². The Hall–Kier alpha value is -3.18. The molecule has 0 aliphatic heterocycles.